The number of nitrogens with zero attached hydrogens (tertiary/aromatic N) is 1. The summed E-state index contributed by atoms with van der Waals surface area (Å²) in [6.07, 6.45) is 2.97. The summed E-state index contributed by atoms with van der Waals surface area (Å²) in [5.74, 6) is -0.613. The molecule has 0 heterocycles. The number of hydrogen-bond donors (Lipinski definition) is 0. The van der Waals surface area contributed by atoms with Crippen LogP contribution in [0.2, 0.25) is 0 Å². The fourth-order valence-corrected chi connectivity index (χ4v) is 3.46. The fourth-order valence-electron chi connectivity index (χ4n) is 1.64. The van der Waals surface area contributed by atoms with E-state index in [2.05, 4.69) is 33.8 Å². The second kappa shape index (κ2) is 7.53. The van der Waals surface area contributed by atoms with Gasteiger partial charge < -0.3 is 4.74 Å². The summed E-state index contributed by atoms with van der Waals surface area (Å²) in [6, 6.07) is 4.20. The van der Waals surface area contributed by atoms with Crippen molar-refractivity contribution in [1.82, 2.24) is 4.31 Å². The van der Waals surface area contributed by atoms with Gasteiger partial charge in [-0.05, 0) is 34.1 Å². The van der Waals surface area contributed by atoms with E-state index in [0.717, 1.165) is 0 Å². The largest absolute Gasteiger partial charge is 0.465 e. The minimum absolute atomic E-state index is 0.00907. The highest BCUT2D eigenvalue weighted by atomic mass is 79.9. The van der Waals surface area contributed by atoms with Crippen LogP contribution in [0.15, 0.2) is 52.9 Å². The first-order valence-corrected chi connectivity index (χ1v) is 8.21. The van der Waals surface area contributed by atoms with Gasteiger partial charge in [0.1, 0.15) is 0 Å². The van der Waals surface area contributed by atoms with Gasteiger partial charge in [0.15, 0.2) is 0 Å². The van der Waals surface area contributed by atoms with Crippen LogP contribution >= 0.6 is 15.9 Å². The number of ether oxygens (including phenoxy) is 1. The Morgan fingerprint density at radius 2 is 1.90 bits per heavy atom. The summed E-state index contributed by atoms with van der Waals surface area (Å²) in [7, 11) is -2.51. The second-order valence-corrected chi connectivity index (χ2v) is 6.82. The molecule has 1 aromatic carbocycles. The van der Waals surface area contributed by atoms with Gasteiger partial charge in [-0.1, -0.05) is 12.2 Å². The molecule has 0 bridgehead atoms. The maximum atomic E-state index is 12.5. The highest BCUT2D eigenvalue weighted by molar-refractivity contribution is 9.10. The molecule has 0 atom stereocenters. The first-order valence-electron chi connectivity index (χ1n) is 5.98. The molecule has 0 radical (unpaired) electrons. The van der Waals surface area contributed by atoms with E-state index >= 15 is 0 Å². The monoisotopic (exact) mass is 373 g/mol. The Morgan fingerprint density at radius 3 is 2.38 bits per heavy atom. The van der Waals surface area contributed by atoms with Crippen LogP contribution in [0.25, 0.3) is 0 Å². The van der Waals surface area contributed by atoms with E-state index in [1.165, 1.54) is 41.8 Å². The van der Waals surface area contributed by atoms with E-state index in [1.807, 2.05) is 0 Å². The van der Waals surface area contributed by atoms with E-state index in [9.17, 15) is 13.2 Å². The summed E-state index contributed by atoms with van der Waals surface area (Å²) in [6.45, 7) is 7.38. The van der Waals surface area contributed by atoms with Crippen molar-refractivity contribution in [3.8, 4) is 0 Å². The van der Waals surface area contributed by atoms with Gasteiger partial charge in [-0.3, -0.25) is 0 Å². The molecular formula is C14H16BrNO4S. The lowest BCUT2D eigenvalue weighted by Gasteiger charge is -2.19. The lowest BCUT2D eigenvalue weighted by atomic mass is 10.2. The number of rotatable bonds is 7. The average molecular weight is 374 g/mol. The van der Waals surface area contributed by atoms with Crippen molar-refractivity contribution in [2.75, 3.05) is 20.2 Å². The molecule has 0 unspecified atom stereocenters. The van der Waals surface area contributed by atoms with Gasteiger partial charge in [0, 0.05) is 17.6 Å². The molecule has 0 aliphatic heterocycles. The topological polar surface area (TPSA) is 63.7 Å². The van der Waals surface area contributed by atoms with Crippen LogP contribution < -0.4 is 0 Å². The second-order valence-electron chi connectivity index (χ2n) is 4.03. The predicted molar refractivity (Wildman–Crippen MR) is 84.6 cm³/mol. The molecule has 7 heteroatoms. The highest BCUT2D eigenvalue weighted by Crippen LogP contribution is 2.24. The normalized spacial score (nSPS) is 11.2. The third kappa shape index (κ3) is 4.03. The summed E-state index contributed by atoms with van der Waals surface area (Å²) in [5.41, 5.74) is 0.149. The zero-order valence-electron chi connectivity index (χ0n) is 11.6. The smallest absolute Gasteiger partial charge is 0.339 e. The summed E-state index contributed by atoms with van der Waals surface area (Å²) < 4.78 is 31.4. The zero-order valence-corrected chi connectivity index (χ0v) is 14.0. The Bertz CT molecular complexity index is 645. The minimum Gasteiger partial charge on any atom is -0.465 e. The van der Waals surface area contributed by atoms with Gasteiger partial charge in [0.2, 0.25) is 10.0 Å². The molecule has 0 saturated carbocycles. The highest BCUT2D eigenvalue weighted by Gasteiger charge is 2.24. The molecule has 1 aromatic rings. The van der Waals surface area contributed by atoms with Crippen LogP contribution in [0.5, 0.6) is 0 Å². The van der Waals surface area contributed by atoms with E-state index in [4.69, 9.17) is 0 Å². The van der Waals surface area contributed by atoms with Gasteiger partial charge in [0.05, 0.1) is 17.6 Å². The average Bonchev–Trinajstić information content (AvgIpc) is 2.46. The van der Waals surface area contributed by atoms with Crippen molar-refractivity contribution in [3.05, 3.63) is 53.5 Å². The molecule has 0 aliphatic rings. The van der Waals surface area contributed by atoms with Crippen LogP contribution in [-0.4, -0.2) is 38.9 Å². The van der Waals surface area contributed by atoms with Crippen molar-refractivity contribution in [2.24, 2.45) is 0 Å². The van der Waals surface area contributed by atoms with Crippen molar-refractivity contribution < 1.29 is 17.9 Å². The molecule has 0 saturated heterocycles. The number of sulfonamides is 1. The lowest BCUT2D eigenvalue weighted by molar-refractivity contribution is 0.0599. The SMILES string of the molecule is C=CCN(CC=C)S(=O)(=O)c1ccc(Br)c(C(=O)OC)c1. The molecule has 0 fully saturated rings. The van der Waals surface area contributed by atoms with Crippen LogP contribution in [-0.2, 0) is 14.8 Å². The predicted octanol–water partition coefficient (Wildman–Crippen LogP) is 2.60. The molecule has 0 aliphatic carbocycles. The first-order chi connectivity index (χ1) is 9.88. The van der Waals surface area contributed by atoms with Crippen molar-refractivity contribution >= 4 is 31.9 Å². The van der Waals surface area contributed by atoms with Gasteiger partial charge in [-0.2, -0.15) is 4.31 Å². The summed E-state index contributed by atoms with van der Waals surface area (Å²) in [4.78, 5) is 11.7. The molecule has 5 nitrogen and oxygen atoms in total. The Kier molecular flexibility index (Phi) is 6.32. The van der Waals surface area contributed by atoms with E-state index in [1.54, 1.807) is 0 Å². The number of carbonyl (C=O) groups excluding carboxylic acids is 1. The molecule has 0 N–H and O–H groups in total. The number of esters is 1. The van der Waals surface area contributed by atoms with Crippen LogP contribution in [0.4, 0.5) is 0 Å². The zero-order chi connectivity index (χ0) is 16.0. The molecule has 21 heavy (non-hydrogen) atoms. The number of carbonyl (C=O) groups is 1. The standard InChI is InChI=1S/C14H16BrNO4S/c1-4-8-16(9-5-2)21(18,19)11-6-7-13(15)12(10-11)14(17)20-3/h4-7,10H,1-2,8-9H2,3H3. The summed E-state index contributed by atoms with van der Waals surface area (Å²) >= 11 is 3.20. The minimum atomic E-state index is -3.74. The Hall–Kier alpha value is -1.44. The molecule has 0 amide bonds. The van der Waals surface area contributed by atoms with Crippen LogP contribution in [0.3, 0.4) is 0 Å². The van der Waals surface area contributed by atoms with Gasteiger partial charge >= 0.3 is 5.97 Å². The fraction of sp³-hybridized carbons (Fsp3) is 0.214. The van der Waals surface area contributed by atoms with Crippen LogP contribution in [0, 0.1) is 0 Å². The van der Waals surface area contributed by atoms with Crippen molar-refractivity contribution in [2.45, 2.75) is 4.90 Å². The number of benzene rings is 1. The number of hydrogen-bond acceptors (Lipinski definition) is 4. The Balaban J connectivity index is 3.33. The van der Waals surface area contributed by atoms with E-state index in [-0.39, 0.29) is 23.5 Å². The maximum absolute atomic E-state index is 12.5. The van der Waals surface area contributed by atoms with Crippen molar-refractivity contribution in [1.29, 1.82) is 0 Å². The Labute approximate surface area is 133 Å². The van der Waals surface area contributed by atoms with E-state index in [0.29, 0.717) is 4.47 Å². The molecule has 0 aromatic heterocycles. The molecule has 1 rings (SSSR count). The third-order valence-electron chi connectivity index (χ3n) is 2.65. The molecule has 114 valence electrons. The maximum Gasteiger partial charge on any atom is 0.339 e. The lowest BCUT2D eigenvalue weighted by Crippen LogP contribution is -2.31. The summed E-state index contributed by atoms with van der Waals surface area (Å²) in [5, 5.41) is 0. The third-order valence-corrected chi connectivity index (χ3v) is 5.17. The van der Waals surface area contributed by atoms with Crippen molar-refractivity contribution in [3.63, 3.8) is 0 Å². The van der Waals surface area contributed by atoms with Gasteiger partial charge in [-0.25, -0.2) is 13.2 Å². The Morgan fingerprint density at radius 1 is 1.33 bits per heavy atom. The quantitative estimate of drug-likeness (QED) is 0.544. The molecular weight excluding hydrogens is 358 g/mol. The van der Waals surface area contributed by atoms with Crippen LogP contribution in [0.1, 0.15) is 10.4 Å². The number of methoxy groups -OCH3 is 1. The van der Waals surface area contributed by atoms with Gasteiger partial charge in [0.25, 0.3) is 0 Å². The first kappa shape index (κ1) is 17.6. The molecule has 0 spiro atoms. The van der Waals surface area contributed by atoms with Gasteiger partial charge in [-0.15, -0.1) is 13.2 Å². The number of halogens is 1. The van der Waals surface area contributed by atoms with E-state index < -0.39 is 16.0 Å².